The zero-order chi connectivity index (χ0) is 19.9. The largest absolute Gasteiger partial charge is 0.507 e. The van der Waals surface area contributed by atoms with Crippen LogP contribution < -0.4 is 10.3 Å². The van der Waals surface area contributed by atoms with E-state index in [1.165, 1.54) is 6.21 Å². The van der Waals surface area contributed by atoms with Crippen LogP contribution >= 0.6 is 0 Å². The highest BCUT2D eigenvalue weighted by molar-refractivity contribution is 5.91. The second-order valence-electron chi connectivity index (χ2n) is 6.52. The number of nitrogens with zero attached hydrogens (tertiary/aromatic N) is 2. The zero-order valence-electron chi connectivity index (χ0n) is 16.2. The number of carbonyl (C=O) groups is 1. The first-order chi connectivity index (χ1) is 13.6. The van der Waals surface area contributed by atoms with Gasteiger partial charge in [0, 0.05) is 30.4 Å². The summed E-state index contributed by atoms with van der Waals surface area (Å²) in [6.45, 7) is 5.88. The van der Waals surface area contributed by atoms with E-state index >= 15 is 0 Å². The summed E-state index contributed by atoms with van der Waals surface area (Å²) in [5.74, 6) is -0.0664. The summed E-state index contributed by atoms with van der Waals surface area (Å²) in [6.07, 6.45) is 1.70. The van der Waals surface area contributed by atoms with Gasteiger partial charge in [0.15, 0.2) is 0 Å². The molecule has 0 aliphatic heterocycles. The average molecular weight is 375 g/mol. The third-order valence-corrected chi connectivity index (χ3v) is 4.77. The molecule has 0 saturated carbocycles. The van der Waals surface area contributed by atoms with Crippen molar-refractivity contribution in [3.63, 3.8) is 0 Å². The van der Waals surface area contributed by atoms with Crippen LogP contribution in [0.3, 0.4) is 0 Å². The fourth-order valence-electron chi connectivity index (χ4n) is 3.26. The predicted molar refractivity (Wildman–Crippen MR) is 115 cm³/mol. The molecule has 0 spiro atoms. The van der Waals surface area contributed by atoms with E-state index in [4.69, 9.17) is 0 Å². The van der Waals surface area contributed by atoms with Crippen LogP contribution in [0.1, 0.15) is 25.0 Å². The number of hydrogen-bond donors (Lipinski definition) is 2. The summed E-state index contributed by atoms with van der Waals surface area (Å²) in [5.41, 5.74) is 5.01. The van der Waals surface area contributed by atoms with E-state index in [1.54, 1.807) is 12.1 Å². The number of rotatable bonds is 7. The summed E-state index contributed by atoms with van der Waals surface area (Å²) >= 11 is 0. The van der Waals surface area contributed by atoms with Crippen molar-refractivity contribution in [3.05, 3.63) is 71.8 Å². The maximum absolute atomic E-state index is 12.3. The first-order valence-corrected chi connectivity index (χ1v) is 9.48. The average Bonchev–Trinajstić information content (AvgIpc) is 2.71. The molecular weight excluding hydrogens is 350 g/mol. The first-order valence-electron chi connectivity index (χ1n) is 9.48. The van der Waals surface area contributed by atoms with Crippen LogP contribution in [0.25, 0.3) is 10.8 Å². The van der Waals surface area contributed by atoms with E-state index in [2.05, 4.69) is 29.3 Å². The Morgan fingerprint density at radius 1 is 1.07 bits per heavy atom. The number of hydrazone groups is 1. The smallest absolute Gasteiger partial charge is 0.244 e. The number of aromatic hydroxyl groups is 1. The van der Waals surface area contributed by atoms with Gasteiger partial charge in [-0.2, -0.15) is 5.10 Å². The lowest BCUT2D eigenvalue weighted by Crippen LogP contribution is -2.21. The number of nitrogens with one attached hydrogen (secondary N) is 1. The maximum atomic E-state index is 12.3. The summed E-state index contributed by atoms with van der Waals surface area (Å²) < 4.78 is 0. The second kappa shape index (κ2) is 9.04. The van der Waals surface area contributed by atoms with E-state index in [1.807, 2.05) is 48.5 Å². The Kier molecular flexibility index (Phi) is 6.27. The van der Waals surface area contributed by atoms with Crippen molar-refractivity contribution in [2.24, 2.45) is 5.10 Å². The van der Waals surface area contributed by atoms with Crippen molar-refractivity contribution in [2.45, 2.75) is 20.3 Å². The summed E-state index contributed by atoms with van der Waals surface area (Å²) in [5, 5.41) is 16.4. The number of benzene rings is 3. The molecule has 5 nitrogen and oxygen atoms in total. The fraction of sp³-hybridized carbons (Fsp3) is 0.217. The first kappa shape index (κ1) is 19.4. The molecular formula is C23H25N3O2. The van der Waals surface area contributed by atoms with Crippen LogP contribution in [0, 0.1) is 0 Å². The Hall–Kier alpha value is -3.34. The van der Waals surface area contributed by atoms with Gasteiger partial charge in [-0.15, -0.1) is 0 Å². The van der Waals surface area contributed by atoms with E-state index in [0.717, 1.165) is 35.1 Å². The Labute approximate surface area is 165 Å². The highest BCUT2D eigenvalue weighted by Gasteiger charge is 2.07. The molecule has 0 bridgehead atoms. The van der Waals surface area contributed by atoms with Gasteiger partial charge in [0.2, 0.25) is 5.91 Å². The van der Waals surface area contributed by atoms with E-state index in [-0.39, 0.29) is 18.1 Å². The Morgan fingerprint density at radius 2 is 1.82 bits per heavy atom. The van der Waals surface area contributed by atoms with Crippen LogP contribution in [0.2, 0.25) is 0 Å². The molecule has 0 heterocycles. The lowest BCUT2D eigenvalue weighted by Gasteiger charge is -2.21. The van der Waals surface area contributed by atoms with Gasteiger partial charge in [0.25, 0.3) is 0 Å². The third kappa shape index (κ3) is 4.49. The second-order valence-corrected chi connectivity index (χ2v) is 6.52. The summed E-state index contributed by atoms with van der Waals surface area (Å²) in [7, 11) is 0. The van der Waals surface area contributed by atoms with E-state index in [0.29, 0.717) is 5.56 Å². The monoisotopic (exact) mass is 375 g/mol. The van der Waals surface area contributed by atoms with Crippen LogP contribution in [0.5, 0.6) is 5.75 Å². The number of phenolic OH excluding ortho intramolecular Hbond substituents is 1. The molecule has 0 fully saturated rings. The van der Waals surface area contributed by atoms with Crippen molar-refractivity contribution >= 4 is 28.6 Å². The van der Waals surface area contributed by atoms with Crippen molar-refractivity contribution < 1.29 is 9.90 Å². The van der Waals surface area contributed by atoms with Crippen molar-refractivity contribution in [2.75, 3.05) is 18.0 Å². The number of phenols is 1. The number of carbonyl (C=O) groups excluding carboxylic acids is 1. The molecule has 5 heteroatoms. The normalized spacial score (nSPS) is 11.1. The molecule has 3 rings (SSSR count). The van der Waals surface area contributed by atoms with Crippen molar-refractivity contribution in [1.82, 2.24) is 5.43 Å². The Morgan fingerprint density at radius 3 is 2.57 bits per heavy atom. The summed E-state index contributed by atoms with van der Waals surface area (Å²) in [4.78, 5) is 14.4. The SMILES string of the molecule is CCN(CC)c1ccc(C=NNC(=O)Cc2cccc3ccccc23)c(O)c1. The molecule has 0 saturated heterocycles. The van der Waals surface area contributed by atoms with Gasteiger partial charge >= 0.3 is 0 Å². The van der Waals surface area contributed by atoms with Gasteiger partial charge in [-0.1, -0.05) is 42.5 Å². The van der Waals surface area contributed by atoms with Crippen LogP contribution in [-0.2, 0) is 11.2 Å². The van der Waals surface area contributed by atoms with Gasteiger partial charge in [0.1, 0.15) is 5.75 Å². The highest BCUT2D eigenvalue weighted by atomic mass is 16.3. The lowest BCUT2D eigenvalue weighted by molar-refractivity contribution is -0.120. The Balaban J connectivity index is 1.65. The van der Waals surface area contributed by atoms with Gasteiger partial charge in [0.05, 0.1) is 12.6 Å². The lowest BCUT2D eigenvalue weighted by atomic mass is 10.0. The quantitative estimate of drug-likeness (QED) is 0.483. The molecule has 2 N–H and O–H groups in total. The summed E-state index contributed by atoms with van der Waals surface area (Å²) in [6, 6.07) is 19.4. The Bertz CT molecular complexity index is 989. The van der Waals surface area contributed by atoms with Crippen LogP contribution in [-0.4, -0.2) is 30.3 Å². The molecule has 0 atom stereocenters. The molecule has 0 aromatic heterocycles. The van der Waals surface area contributed by atoms with Gasteiger partial charge in [-0.05, 0) is 42.3 Å². The molecule has 0 radical (unpaired) electrons. The van der Waals surface area contributed by atoms with Crippen molar-refractivity contribution in [3.8, 4) is 5.75 Å². The van der Waals surface area contributed by atoms with Gasteiger partial charge < -0.3 is 10.0 Å². The van der Waals surface area contributed by atoms with E-state index in [9.17, 15) is 9.90 Å². The van der Waals surface area contributed by atoms with Crippen LogP contribution in [0.4, 0.5) is 5.69 Å². The molecule has 3 aromatic carbocycles. The molecule has 1 amide bonds. The van der Waals surface area contributed by atoms with Crippen LogP contribution in [0.15, 0.2) is 65.8 Å². The zero-order valence-corrected chi connectivity index (χ0v) is 16.2. The minimum atomic E-state index is -0.202. The minimum absolute atomic E-state index is 0.136. The minimum Gasteiger partial charge on any atom is -0.507 e. The number of hydrogen-bond acceptors (Lipinski definition) is 4. The molecule has 28 heavy (non-hydrogen) atoms. The number of amides is 1. The molecule has 0 aliphatic carbocycles. The highest BCUT2D eigenvalue weighted by Crippen LogP contribution is 2.23. The standard InChI is InChI=1S/C23H25N3O2/c1-3-26(4-2)20-13-12-19(22(27)15-20)16-24-25-23(28)14-18-10-7-9-17-8-5-6-11-21(17)18/h5-13,15-16,27H,3-4,14H2,1-2H3,(H,25,28). The number of fused-ring (bicyclic) bond motifs is 1. The van der Waals surface area contributed by atoms with Crippen molar-refractivity contribution in [1.29, 1.82) is 0 Å². The predicted octanol–water partition coefficient (Wildman–Crippen LogP) is 4.08. The fourth-order valence-corrected chi connectivity index (χ4v) is 3.26. The van der Waals surface area contributed by atoms with Gasteiger partial charge in [-0.3, -0.25) is 4.79 Å². The number of anilines is 1. The molecule has 3 aromatic rings. The molecule has 0 unspecified atom stereocenters. The van der Waals surface area contributed by atoms with Gasteiger partial charge in [-0.25, -0.2) is 5.43 Å². The maximum Gasteiger partial charge on any atom is 0.244 e. The topological polar surface area (TPSA) is 64.9 Å². The molecule has 144 valence electrons. The molecule has 0 aliphatic rings. The third-order valence-electron chi connectivity index (χ3n) is 4.77. The van der Waals surface area contributed by atoms with E-state index < -0.39 is 0 Å².